The van der Waals surface area contributed by atoms with Crippen molar-refractivity contribution in [2.45, 2.75) is 26.2 Å². The van der Waals surface area contributed by atoms with E-state index in [1.54, 1.807) is 0 Å². The second-order valence-corrected chi connectivity index (χ2v) is 18.8. The van der Waals surface area contributed by atoms with Crippen molar-refractivity contribution in [3.05, 3.63) is 209 Å². The van der Waals surface area contributed by atoms with Gasteiger partial charge < -0.3 is 0 Å². The number of nitrogens with zero attached hydrogens (tertiary/aromatic N) is 5. The molecule has 8 heteroatoms. The summed E-state index contributed by atoms with van der Waals surface area (Å²) in [6, 6.07) is 58.8. The van der Waals surface area contributed by atoms with Crippen LogP contribution in [0.25, 0.3) is 66.9 Å². The third-order valence-corrected chi connectivity index (χ3v) is 14.0. The van der Waals surface area contributed by atoms with Crippen LogP contribution in [0.15, 0.2) is 188 Å². The summed E-state index contributed by atoms with van der Waals surface area (Å²) in [6.07, 6.45) is 0. The SMILES string of the molecule is [2H]c1c([2H])c([2H])c(-c2cccc(-c3cccc(C(C)(C)C)c3)c2-n2[c](=[Pt])n(-c3[c-]c(Oc4ccc5c(n4)N4B6c7c(cccc7-5)-c5ccccc5N6c5ccc[c-]c54)ccc3)c3ccccc32)c([2H])c1[2H]. The van der Waals surface area contributed by atoms with Crippen LogP contribution in [0.3, 0.4) is 0 Å². The van der Waals surface area contributed by atoms with E-state index >= 15 is 0 Å². The van der Waals surface area contributed by atoms with Crippen LogP contribution in [0.1, 0.15) is 33.2 Å². The van der Waals surface area contributed by atoms with E-state index in [-0.39, 0.29) is 30.0 Å². The van der Waals surface area contributed by atoms with Crippen molar-refractivity contribution in [2.75, 3.05) is 9.62 Å². The molecule has 13 rings (SSSR count). The van der Waals surface area contributed by atoms with E-state index < -0.39 is 18.1 Å². The molecule has 6 nitrogen and oxygen atoms in total. The standard InChI is InChI=1S/C58H40BN5O.Pt/c1-58(2,3)40-20-13-19-39(35-40)44-25-15-24-43(38-17-5-4-6-18-38)56(44)62-37-61(50-29-9-10-30-51(50)62)41-21-14-22-42(36-41)65-54-34-33-48-47-27-16-26-46-45-23-7-8-28-49(45)63-52-31-11-12-32-53(52)64(57(48)60-54)59(63)55(46)47;/h4-31,33-35H,1-3H3;/q-2;/i4D,5D,6D,17D,18D;. The molecule has 0 fully saturated rings. The van der Waals surface area contributed by atoms with Gasteiger partial charge in [-0.1, -0.05) is 30.3 Å². The molecule has 318 valence electrons. The summed E-state index contributed by atoms with van der Waals surface area (Å²) in [5, 5.41) is 0. The molecular formula is C58H40BN5OPt-2. The summed E-state index contributed by atoms with van der Waals surface area (Å²) in [4.78, 5) is 10.00. The number of rotatable bonds is 6. The average molecular weight is 1030 g/mol. The number of aromatic nitrogens is 3. The molecule has 3 aliphatic heterocycles. The summed E-state index contributed by atoms with van der Waals surface area (Å²) < 4.78 is 55.9. The van der Waals surface area contributed by atoms with Gasteiger partial charge in [0.1, 0.15) is 0 Å². The average Bonchev–Trinajstić information content (AvgIpc) is 3.90. The summed E-state index contributed by atoms with van der Waals surface area (Å²) >= 11 is 2.33. The molecule has 10 aromatic rings. The molecule has 0 saturated heterocycles. The molecule has 5 heterocycles. The van der Waals surface area contributed by atoms with Gasteiger partial charge in [-0.05, 0) is 11.6 Å². The second-order valence-electron chi connectivity index (χ2n) is 17.8. The first-order chi connectivity index (χ1) is 34.4. The number of imidazole rings is 1. The Hall–Kier alpha value is -7.47. The van der Waals surface area contributed by atoms with Crippen LogP contribution in [0.2, 0.25) is 0 Å². The fourth-order valence-corrected chi connectivity index (χ4v) is 11.1. The topological polar surface area (TPSA) is 38.5 Å². The number of hydrogen-bond donors (Lipinski definition) is 0. The van der Waals surface area contributed by atoms with Crippen LogP contribution >= 0.6 is 0 Å². The van der Waals surface area contributed by atoms with Gasteiger partial charge in [0.2, 0.25) is 0 Å². The van der Waals surface area contributed by atoms with Crippen LogP contribution < -0.4 is 19.8 Å². The predicted molar refractivity (Wildman–Crippen MR) is 264 cm³/mol. The number of benzene rings is 8. The van der Waals surface area contributed by atoms with Gasteiger partial charge in [-0.15, -0.1) is 6.07 Å². The zero-order valence-corrected chi connectivity index (χ0v) is 38.3. The van der Waals surface area contributed by atoms with Crippen molar-refractivity contribution in [1.29, 1.82) is 0 Å². The zero-order valence-electron chi connectivity index (χ0n) is 41.0. The van der Waals surface area contributed by atoms with Crippen LogP contribution in [-0.2, 0) is 24.8 Å². The normalized spacial score (nSPS) is 14.1. The molecule has 0 amide bonds. The number of ether oxygens (including phenoxy) is 1. The Balaban J connectivity index is 0.960. The minimum atomic E-state index is -0.438. The minimum absolute atomic E-state index is 0.125. The maximum atomic E-state index is 9.17. The van der Waals surface area contributed by atoms with Gasteiger partial charge in [-0.2, -0.15) is 12.1 Å². The molecule has 0 atom stereocenters. The van der Waals surface area contributed by atoms with Crippen LogP contribution in [-0.4, -0.2) is 21.1 Å². The molecular weight excluding hydrogens is 989 g/mol. The number of fused-ring (bicyclic) bond motifs is 10. The predicted octanol–water partition coefficient (Wildman–Crippen LogP) is 13.6. The molecule has 0 unspecified atom stereocenters. The Bertz CT molecular complexity index is 3970. The van der Waals surface area contributed by atoms with Gasteiger partial charge in [-0.25, -0.2) is 0 Å². The summed E-state index contributed by atoms with van der Waals surface area (Å²) in [5.74, 6) is 1.67. The Morgan fingerprint density at radius 3 is 2.12 bits per heavy atom. The quantitative estimate of drug-likeness (QED) is 0.123. The fourth-order valence-electron chi connectivity index (χ4n) is 10.1. The zero-order chi connectivity index (χ0) is 48.6. The van der Waals surface area contributed by atoms with E-state index in [9.17, 15) is 2.74 Å². The summed E-state index contributed by atoms with van der Waals surface area (Å²) in [5.41, 5.74) is 15.5. The molecule has 0 radical (unpaired) electrons. The summed E-state index contributed by atoms with van der Waals surface area (Å²) in [7, 11) is 0. The molecule has 2 aromatic heterocycles. The monoisotopic (exact) mass is 1030 g/mol. The number of para-hydroxylation sites is 5. The molecule has 0 bridgehead atoms. The van der Waals surface area contributed by atoms with Gasteiger partial charge in [0, 0.05) is 11.3 Å². The molecule has 8 aromatic carbocycles. The number of anilines is 4. The van der Waals surface area contributed by atoms with Crippen LogP contribution in [0, 0.1) is 15.9 Å². The molecule has 0 saturated carbocycles. The van der Waals surface area contributed by atoms with E-state index in [1.807, 2.05) is 72.8 Å². The van der Waals surface area contributed by atoms with Crippen molar-refractivity contribution >= 4 is 46.4 Å². The molecule has 66 heavy (non-hydrogen) atoms. The van der Waals surface area contributed by atoms with E-state index in [4.69, 9.17) is 13.8 Å². The first-order valence-electron chi connectivity index (χ1n) is 24.4. The van der Waals surface area contributed by atoms with Crippen molar-refractivity contribution in [3.8, 4) is 67.5 Å². The Kier molecular flexibility index (Phi) is 7.61. The first kappa shape index (κ1) is 34.0. The van der Waals surface area contributed by atoms with E-state index in [2.05, 4.69) is 156 Å². The molecule has 3 aliphatic rings. The number of pyridine rings is 1. The molecule has 0 aliphatic carbocycles. The van der Waals surface area contributed by atoms with Gasteiger partial charge in [0.05, 0.1) is 0 Å². The van der Waals surface area contributed by atoms with E-state index in [1.165, 1.54) is 16.6 Å². The molecule has 0 spiro atoms. The Labute approximate surface area is 402 Å². The first-order valence-corrected chi connectivity index (χ1v) is 23.1. The third kappa shape index (κ3) is 5.86. The third-order valence-electron chi connectivity index (χ3n) is 13.0. The second kappa shape index (κ2) is 14.8. The van der Waals surface area contributed by atoms with Crippen molar-refractivity contribution in [2.24, 2.45) is 0 Å². The Morgan fingerprint density at radius 2 is 1.30 bits per heavy atom. The fraction of sp³-hybridized carbons (Fsp3) is 0.0690. The van der Waals surface area contributed by atoms with Crippen molar-refractivity contribution < 1.29 is 30.9 Å². The van der Waals surface area contributed by atoms with Crippen molar-refractivity contribution in [3.63, 3.8) is 0 Å². The van der Waals surface area contributed by atoms with Crippen LogP contribution in [0.5, 0.6) is 11.6 Å². The molecule has 0 N–H and O–H groups in total. The van der Waals surface area contributed by atoms with Crippen LogP contribution in [0.4, 0.5) is 22.9 Å². The summed E-state index contributed by atoms with van der Waals surface area (Å²) in [6.45, 7) is 6.38. The van der Waals surface area contributed by atoms with E-state index in [0.717, 1.165) is 65.5 Å². The maximum absolute atomic E-state index is 9.17. The van der Waals surface area contributed by atoms with Gasteiger partial charge in [-0.3, -0.25) is 0 Å². The van der Waals surface area contributed by atoms with Crippen molar-refractivity contribution in [1.82, 2.24) is 14.1 Å². The van der Waals surface area contributed by atoms with Gasteiger partial charge in [0.25, 0.3) is 0 Å². The van der Waals surface area contributed by atoms with Gasteiger partial charge in [0.15, 0.2) is 0 Å². The van der Waals surface area contributed by atoms with Gasteiger partial charge >= 0.3 is 333 Å². The number of hydrogen-bond acceptors (Lipinski definition) is 4. The van der Waals surface area contributed by atoms with E-state index in [0.29, 0.717) is 28.6 Å². The Morgan fingerprint density at radius 1 is 0.621 bits per heavy atom.